The number of nitrogens with one attached hydrogen (secondary N) is 1. The average Bonchev–Trinajstić information content (AvgIpc) is 1.95. The molecule has 0 heterocycles. The Kier molecular flexibility index (Phi) is 6.48. The lowest BCUT2D eigenvalue weighted by molar-refractivity contribution is 0.552. The highest BCUT2D eigenvalue weighted by Gasteiger charge is 2.11. The molecule has 13 heavy (non-hydrogen) atoms. The predicted molar refractivity (Wildman–Crippen MR) is 51.8 cm³/mol. The molecule has 0 aliphatic carbocycles. The van der Waals surface area contributed by atoms with Gasteiger partial charge in [-0.3, -0.25) is 4.55 Å². The standard InChI is InChI=1S/C6H15NO4S2/c1-2-3-4-5-6-13(10,11)7-12(8)9/h7H,2-6H2,1H3,(H,8,9). The highest BCUT2D eigenvalue weighted by atomic mass is 32.3. The minimum Gasteiger partial charge on any atom is -0.293 e. The predicted octanol–water partition coefficient (Wildman–Crippen LogP) is 0.623. The van der Waals surface area contributed by atoms with Gasteiger partial charge in [0.2, 0.25) is 21.3 Å². The molecule has 0 spiro atoms. The monoisotopic (exact) mass is 229 g/mol. The smallest absolute Gasteiger partial charge is 0.245 e. The first-order chi connectivity index (χ1) is 5.98. The summed E-state index contributed by atoms with van der Waals surface area (Å²) in [5, 5.41) is 0. The van der Waals surface area contributed by atoms with Gasteiger partial charge in [-0.15, -0.1) is 4.13 Å². The fourth-order valence-corrected chi connectivity index (χ4v) is 2.66. The van der Waals surface area contributed by atoms with E-state index in [0.29, 0.717) is 6.42 Å². The quantitative estimate of drug-likeness (QED) is 0.495. The number of sulfonamides is 1. The molecule has 2 N–H and O–H groups in total. The van der Waals surface area contributed by atoms with E-state index in [-0.39, 0.29) is 5.75 Å². The van der Waals surface area contributed by atoms with E-state index >= 15 is 0 Å². The molecule has 0 amide bonds. The summed E-state index contributed by atoms with van der Waals surface area (Å²) in [6.45, 7) is 2.02. The zero-order valence-corrected chi connectivity index (χ0v) is 9.16. The van der Waals surface area contributed by atoms with Gasteiger partial charge in [-0.05, 0) is 6.42 Å². The second kappa shape index (κ2) is 6.47. The van der Waals surface area contributed by atoms with Gasteiger partial charge in [0.25, 0.3) is 0 Å². The van der Waals surface area contributed by atoms with E-state index < -0.39 is 21.3 Å². The van der Waals surface area contributed by atoms with Gasteiger partial charge in [-0.1, -0.05) is 26.2 Å². The van der Waals surface area contributed by atoms with Crippen molar-refractivity contribution in [3.8, 4) is 0 Å². The molecule has 1 atom stereocenters. The molecule has 0 fully saturated rings. The van der Waals surface area contributed by atoms with Crippen molar-refractivity contribution in [3.05, 3.63) is 0 Å². The summed E-state index contributed by atoms with van der Waals surface area (Å²) in [5.41, 5.74) is 0. The molecule has 80 valence electrons. The van der Waals surface area contributed by atoms with Gasteiger partial charge in [0.05, 0.1) is 5.75 Å². The van der Waals surface area contributed by atoms with Crippen LogP contribution in [-0.4, -0.2) is 22.9 Å². The lowest BCUT2D eigenvalue weighted by atomic mass is 10.2. The SMILES string of the molecule is CCCCCCS(=O)(=O)NS(=O)O. The van der Waals surface area contributed by atoms with Gasteiger partial charge in [-0.2, -0.15) is 0 Å². The van der Waals surface area contributed by atoms with Crippen LogP contribution in [0.25, 0.3) is 0 Å². The van der Waals surface area contributed by atoms with Gasteiger partial charge in [0.15, 0.2) is 0 Å². The summed E-state index contributed by atoms with van der Waals surface area (Å²) in [6.07, 6.45) is 3.37. The van der Waals surface area contributed by atoms with Crippen LogP contribution in [0.1, 0.15) is 32.6 Å². The van der Waals surface area contributed by atoms with Crippen molar-refractivity contribution in [2.75, 3.05) is 5.75 Å². The molecule has 0 saturated heterocycles. The first-order valence-electron chi connectivity index (χ1n) is 4.09. The summed E-state index contributed by atoms with van der Waals surface area (Å²) < 4.78 is 41.9. The molecular formula is C6H15NO4S2. The van der Waals surface area contributed by atoms with Crippen LogP contribution in [0.5, 0.6) is 0 Å². The highest BCUT2D eigenvalue weighted by Crippen LogP contribution is 2.01. The van der Waals surface area contributed by atoms with Gasteiger partial charge in [-0.25, -0.2) is 12.6 Å². The van der Waals surface area contributed by atoms with E-state index in [4.69, 9.17) is 4.55 Å². The molecule has 0 aromatic rings. The van der Waals surface area contributed by atoms with Crippen LogP contribution in [0.3, 0.4) is 0 Å². The minimum atomic E-state index is -3.56. The van der Waals surface area contributed by atoms with Crippen LogP contribution in [0.15, 0.2) is 0 Å². The lowest BCUT2D eigenvalue weighted by Crippen LogP contribution is -2.27. The first kappa shape index (κ1) is 13.0. The van der Waals surface area contributed by atoms with Gasteiger partial charge in [0, 0.05) is 0 Å². The van der Waals surface area contributed by atoms with Crippen LogP contribution in [-0.2, 0) is 21.3 Å². The van der Waals surface area contributed by atoms with Gasteiger partial charge in [0.1, 0.15) is 0 Å². The van der Waals surface area contributed by atoms with Crippen LogP contribution in [0.4, 0.5) is 0 Å². The van der Waals surface area contributed by atoms with Crippen molar-refractivity contribution >= 4 is 21.3 Å². The lowest BCUT2D eigenvalue weighted by Gasteiger charge is -2.01. The van der Waals surface area contributed by atoms with Crippen molar-refractivity contribution in [1.29, 1.82) is 0 Å². The first-order valence-corrected chi connectivity index (χ1v) is 6.85. The molecule has 7 heteroatoms. The number of rotatable bonds is 7. The Balaban J connectivity index is 3.71. The van der Waals surface area contributed by atoms with Gasteiger partial charge >= 0.3 is 0 Å². The normalized spacial score (nSPS) is 14.3. The van der Waals surface area contributed by atoms with Crippen LogP contribution in [0.2, 0.25) is 0 Å². The fraction of sp³-hybridized carbons (Fsp3) is 1.00. The van der Waals surface area contributed by atoms with E-state index in [1.165, 1.54) is 0 Å². The maximum atomic E-state index is 10.9. The second-order valence-corrected chi connectivity index (χ2v) is 5.51. The molecule has 0 bridgehead atoms. The Hall–Kier alpha value is 0.0200. The maximum Gasteiger partial charge on any atom is 0.245 e. The Morgan fingerprint density at radius 1 is 1.31 bits per heavy atom. The number of hydrogen-bond acceptors (Lipinski definition) is 3. The topological polar surface area (TPSA) is 83.5 Å². The Labute approximate surface area is 81.4 Å². The van der Waals surface area contributed by atoms with E-state index in [2.05, 4.69) is 0 Å². The molecule has 5 nitrogen and oxygen atoms in total. The zero-order chi connectivity index (χ0) is 10.3. The summed E-state index contributed by atoms with van der Waals surface area (Å²) >= 11 is -2.48. The molecule has 1 unspecified atom stereocenters. The molecule has 0 aliphatic rings. The molecule has 0 rings (SSSR count). The van der Waals surface area contributed by atoms with E-state index in [0.717, 1.165) is 19.3 Å². The zero-order valence-electron chi connectivity index (χ0n) is 7.52. The highest BCUT2D eigenvalue weighted by molar-refractivity contribution is 7.99. The van der Waals surface area contributed by atoms with Crippen LogP contribution in [0, 0.1) is 0 Å². The Morgan fingerprint density at radius 3 is 2.38 bits per heavy atom. The Bertz CT molecular complexity index is 249. The third-order valence-corrected chi connectivity index (χ3v) is 3.88. The summed E-state index contributed by atoms with van der Waals surface area (Å²) in [4.78, 5) is 0. The molecular weight excluding hydrogens is 214 g/mol. The van der Waals surface area contributed by atoms with E-state index in [1.54, 1.807) is 4.13 Å². The number of hydrogen-bond donors (Lipinski definition) is 2. The third kappa shape index (κ3) is 8.35. The molecule has 0 radical (unpaired) electrons. The van der Waals surface area contributed by atoms with E-state index in [1.807, 2.05) is 6.92 Å². The van der Waals surface area contributed by atoms with Crippen molar-refractivity contribution in [3.63, 3.8) is 0 Å². The molecule has 0 aromatic carbocycles. The molecule has 0 aliphatic heterocycles. The van der Waals surface area contributed by atoms with Crippen molar-refractivity contribution in [2.24, 2.45) is 0 Å². The molecule has 0 aromatic heterocycles. The fourth-order valence-electron chi connectivity index (χ4n) is 0.869. The second-order valence-electron chi connectivity index (χ2n) is 2.71. The van der Waals surface area contributed by atoms with E-state index in [9.17, 15) is 12.6 Å². The van der Waals surface area contributed by atoms with Crippen molar-refractivity contribution < 1.29 is 17.2 Å². The Morgan fingerprint density at radius 2 is 1.92 bits per heavy atom. The number of unbranched alkanes of at least 4 members (excludes halogenated alkanes) is 3. The van der Waals surface area contributed by atoms with Crippen LogP contribution >= 0.6 is 0 Å². The van der Waals surface area contributed by atoms with Crippen molar-refractivity contribution in [2.45, 2.75) is 32.6 Å². The molecule has 0 saturated carbocycles. The summed E-state index contributed by atoms with van der Waals surface area (Å²) in [6, 6.07) is 0. The maximum absolute atomic E-state index is 10.9. The minimum absolute atomic E-state index is 0.0840. The average molecular weight is 229 g/mol. The summed E-state index contributed by atoms with van der Waals surface area (Å²) in [5.74, 6) is -0.0840. The van der Waals surface area contributed by atoms with Crippen molar-refractivity contribution in [1.82, 2.24) is 4.13 Å². The van der Waals surface area contributed by atoms with Crippen LogP contribution < -0.4 is 4.13 Å². The third-order valence-electron chi connectivity index (χ3n) is 1.46. The largest absolute Gasteiger partial charge is 0.293 e. The summed E-state index contributed by atoms with van der Waals surface area (Å²) in [7, 11) is -3.56. The van der Waals surface area contributed by atoms with Gasteiger partial charge < -0.3 is 0 Å².